The summed E-state index contributed by atoms with van der Waals surface area (Å²) in [5.41, 5.74) is 4.41. The molecule has 120 valence electrons. The second-order valence-electron chi connectivity index (χ2n) is 5.14. The molecule has 0 spiro atoms. The molecule has 0 aliphatic rings. The van der Waals surface area contributed by atoms with Crippen LogP contribution in [0.3, 0.4) is 0 Å². The van der Waals surface area contributed by atoms with Crippen molar-refractivity contribution in [1.82, 2.24) is 10.7 Å². The summed E-state index contributed by atoms with van der Waals surface area (Å²) in [5.74, 6) is 0.201. The van der Waals surface area contributed by atoms with Gasteiger partial charge < -0.3 is 9.73 Å². The van der Waals surface area contributed by atoms with Crippen LogP contribution in [0, 0.1) is 6.92 Å². The van der Waals surface area contributed by atoms with Crippen LogP contribution in [-0.4, -0.2) is 17.5 Å². The molecule has 2 rings (SSSR count). The summed E-state index contributed by atoms with van der Waals surface area (Å²) in [4.78, 5) is 23.8. The minimum atomic E-state index is -0.293. The molecular weight excluding hydrogens is 294 g/mol. The normalized spacial score (nSPS) is 11.1. The van der Waals surface area contributed by atoms with Crippen LogP contribution in [0.4, 0.5) is 0 Å². The van der Waals surface area contributed by atoms with E-state index in [2.05, 4.69) is 15.8 Å². The average Bonchev–Trinajstić information content (AvgIpc) is 3.04. The molecule has 2 amide bonds. The van der Waals surface area contributed by atoms with Gasteiger partial charge in [0, 0.05) is 11.3 Å². The monoisotopic (exact) mass is 313 g/mol. The van der Waals surface area contributed by atoms with E-state index in [1.54, 1.807) is 37.5 Å². The number of hydrogen-bond acceptors (Lipinski definition) is 4. The highest BCUT2D eigenvalue weighted by Gasteiger charge is 2.08. The Morgan fingerprint density at radius 2 is 1.96 bits per heavy atom. The maximum absolute atomic E-state index is 12.0. The van der Waals surface area contributed by atoms with Crippen LogP contribution < -0.4 is 10.7 Å². The highest BCUT2D eigenvalue weighted by molar-refractivity contribution is 6.01. The third-order valence-electron chi connectivity index (χ3n) is 3.19. The van der Waals surface area contributed by atoms with Crippen molar-refractivity contribution in [3.63, 3.8) is 0 Å². The average molecular weight is 313 g/mol. The Bertz CT molecular complexity index is 706. The number of carbonyl (C=O) groups excluding carboxylic acids is 2. The van der Waals surface area contributed by atoms with Gasteiger partial charge in [0.15, 0.2) is 0 Å². The van der Waals surface area contributed by atoms with Crippen molar-refractivity contribution in [2.24, 2.45) is 5.10 Å². The predicted molar refractivity (Wildman–Crippen MR) is 86.9 cm³/mol. The van der Waals surface area contributed by atoms with E-state index in [0.717, 1.165) is 5.56 Å². The fourth-order valence-corrected chi connectivity index (χ4v) is 1.97. The second kappa shape index (κ2) is 7.93. The van der Waals surface area contributed by atoms with Gasteiger partial charge in [-0.2, -0.15) is 5.10 Å². The van der Waals surface area contributed by atoms with E-state index in [1.165, 1.54) is 0 Å². The minimum absolute atomic E-state index is 0.106. The molecule has 0 unspecified atom stereocenters. The first kappa shape index (κ1) is 16.5. The first-order valence-electron chi connectivity index (χ1n) is 7.24. The van der Waals surface area contributed by atoms with E-state index in [-0.39, 0.29) is 18.2 Å². The van der Waals surface area contributed by atoms with Gasteiger partial charge in [-0.25, -0.2) is 5.43 Å². The Morgan fingerprint density at radius 3 is 2.65 bits per heavy atom. The van der Waals surface area contributed by atoms with E-state index in [0.29, 0.717) is 23.6 Å². The Hall–Kier alpha value is -2.89. The van der Waals surface area contributed by atoms with Gasteiger partial charge in [-0.3, -0.25) is 9.59 Å². The largest absolute Gasteiger partial charge is 0.467 e. The molecule has 1 heterocycles. The summed E-state index contributed by atoms with van der Waals surface area (Å²) in [6.45, 7) is 3.87. The van der Waals surface area contributed by atoms with Crippen LogP contribution in [0.5, 0.6) is 0 Å². The van der Waals surface area contributed by atoms with Gasteiger partial charge in [0.1, 0.15) is 5.76 Å². The van der Waals surface area contributed by atoms with Crippen LogP contribution in [0.25, 0.3) is 0 Å². The van der Waals surface area contributed by atoms with Crippen molar-refractivity contribution in [1.29, 1.82) is 0 Å². The fourth-order valence-electron chi connectivity index (χ4n) is 1.97. The molecule has 0 bridgehead atoms. The fraction of sp³-hybridized carbons (Fsp3) is 0.235. The van der Waals surface area contributed by atoms with Gasteiger partial charge in [-0.05, 0) is 37.6 Å². The summed E-state index contributed by atoms with van der Waals surface area (Å²) >= 11 is 0. The molecule has 1 aromatic heterocycles. The summed E-state index contributed by atoms with van der Waals surface area (Å²) in [5, 5.41) is 6.68. The first-order valence-corrected chi connectivity index (χ1v) is 7.24. The lowest BCUT2D eigenvalue weighted by Crippen LogP contribution is -2.26. The maximum Gasteiger partial charge on any atom is 0.271 e. The zero-order valence-electron chi connectivity index (χ0n) is 13.1. The Balaban J connectivity index is 1.81. The van der Waals surface area contributed by atoms with Crippen molar-refractivity contribution in [2.45, 2.75) is 26.8 Å². The first-order chi connectivity index (χ1) is 11.1. The molecule has 1 aromatic carbocycles. The molecule has 2 aromatic rings. The molecule has 0 aliphatic carbocycles. The molecule has 6 nitrogen and oxygen atoms in total. The van der Waals surface area contributed by atoms with E-state index in [4.69, 9.17) is 4.42 Å². The third kappa shape index (κ3) is 5.10. The lowest BCUT2D eigenvalue weighted by atomic mass is 10.1. The highest BCUT2D eigenvalue weighted by atomic mass is 16.3. The number of furan rings is 1. The number of amides is 2. The Kier molecular flexibility index (Phi) is 5.68. The molecule has 23 heavy (non-hydrogen) atoms. The van der Waals surface area contributed by atoms with E-state index in [1.807, 2.05) is 19.1 Å². The molecule has 2 N–H and O–H groups in total. The molecule has 0 saturated carbocycles. The quantitative estimate of drug-likeness (QED) is 0.634. The lowest BCUT2D eigenvalue weighted by Gasteiger charge is -2.05. The second-order valence-corrected chi connectivity index (χ2v) is 5.14. The SMILES string of the molecule is C/C(CC(=O)NCc1ccco1)=N\NC(=O)c1ccccc1C. The van der Waals surface area contributed by atoms with Gasteiger partial charge in [-0.15, -0.1) is 0 Å². The van der Waals surface area contributed by atoms with Gasteiger partial charge in [0.25, 0.3) is 5.91 Å². The lowest BCUT2D eigenvalue weighted by molar-refractivity contribution is -0.120. The third-order valence-corrected chi connectivity index (χ3v) is 3.19. The van der Waals surface area contributed by atoms with Crippen molar-refractivity contribution in [2.75, 3.05) is 0 Å². The number of carbonyl (C=O) groups is 2. The van der Waals surface area contributed by atoms with Gasteiger partial charge in [-0.1, -0.05) is 18.2 Å². The topological polar surface area (TPSA) is 83.7 Å². The number of aryl methyl sites for hydroxylation is 1. The Labute approximate surface area is 134 Å². The van der Waals surface area contributed by atoms with Crippen LogP contribution in [0.15, 0.2) is 52.2 Å². The van der Waals surface area contributed by atoms with Crippen molar-refractivity contribution in [3.05, 3.63) is 59.5 Å². The summed E-state index contributed by atoms with van der Waals surface area (Å²) in [6.07, 6.45) is 1.66. The van der Waals surface area contributed by atoms with Gasteiger partial charge in [0.2, 0.25) is 5.91 Å². The van der Waals surface area contributed by atoms with Crippen molar-refractivity contribution >= 4 is 17.5 Å². The van der Waals surface area contributed by atoms with Crippen LogP contribution in [-0.2, 0) is 11.3 Å². The number of nitrogens with one attached hydrogen (secondary N) is 2. The predicted octanol–water partition coefficient (Wildman–Crippen LogP) is 2.40. The molecule has 0 aliphatic heterocycles. The van der Waals surface area contributed by atoms with E-state index < -0.39 is 0 Å². The van der Waals surface area contributed by atoms with Crippen molar-refractivity contribution < 1.29 is 14.0 Å². The molecule has 0 radical (unpaired) electrons. The minimum Gasteiger partial charge on any atom is -0.467 e. The summed E-state index contributed by atoms with van der Waals surface area (Å²) in [6, 6.07) is 10.8. The van der Waals surface area contributed by atoms with Crippen LogP contribution >= 0.6 is 0 Å². The summed E-state index contributed by atoms with van der Waals surface area (Å²) < 4.78 is 5.13. The number of hydrogen-bond donors (Lipinski definition) is 2. The summed E-state index contributed by atoms with van der Waals surface area (Å²) in [7, 11) is 0. The van der Waals surface area contributed by atoms with Crippen LogP contribution in [0.2, 0.25) is 0 Å². The number of rotatable bonds is 6. The van der Waals surface area contributed by atoms with E-state index >= 15 is 0 Å². The van der Waals surface area contributed by atoms with Gasteiger partial charge >= 0.3 is 0 Å². The molecule has 0 atom stereocenters. The zero-order valence-corrected chi connectivity index (χ0v) is 13.1. The maximum atomic E-state index is 12.0. The molecule has 6 heteroatoms. The van der Waals surface area contributed by atoms with E-state index in [9.17, 15) is 9.59 Å². The standard InChI is InChI=1S/C17H19N3O3/c1-12-6-3-4-8-15(12)17(22)20-19-13(2)10-16(21)18-11-14-7-5-9-23-14/h3-9H,10-11H2,1-2H3,(H,18,21)(H,20,22)/b19-13+. The number of hydrazone groups is 1. The molecule has 0 saturated heterocycles. The highest BCUT2D eigenvalue weighted by Crippen LogP contribution is 2.06. The molecular formula is C17H19N3O3. The van der Waals surface area contributed by atoms with Crippen LogP contribution in [0.1, 0.15) is 35.0 Å². The van der Waals surface area contributed by atoms with Gasteiger partial charge in [0.05, 0.1) is 19.2 Å². The number of nitrogens with zero attached hydrogens (tertiary/aromatic N) is 1. The Morgan fingerprint density at radius 1 is 1.17 bits per heavy atom. The van der Waals surface area contributed by atoms with Crippen molar-refractivity contribution in [3.8, 4) is 0 Å². The number of benzene rings is 1. The molecule has 0 fully saturated rings. The zero-order chi connectivity index (χ0) is 16.7. The smallest absolute Gasteiger partial charge is 0.271 e.